The van der Waals surface area contributed by atoms with Crippen LogP contribution in [0.1, 0.15) is 13.3 Å². The Balaban J connectivity index is 1.59. The Kier molecular flexibility index (Phi) is 6.87. The molecule has 0 bridgehead atoms. The number of anilines is 2. The number of amides is 1. The van der Waals surface area contributed by atoms with Gasteiger partial charge in [-0.05, 0) is 42.8 Å². The smallest absolute Gasteiger partial charge is 0.263 e. The molecule has 0 aromatic heterocycles. The summed E-state index contributed by atoms with van der Waals surface area (Å²) in [7, 11) is -1.82. The number of sulfonamides is 1. The van der Waals surface area contributed by atoms with Crippen LogP contribution in [0.4, 0.5) is 11.4 Å². The summed E-state index contributed by atoms with van der Waals surface area (Å²) in [6, 6.07) is 16.9. The van der Waals surface area contributed by atoms with Crippen molar-refractivity contribution in [3.05, 3.63) is 54.6 Å². The van der Waals surface area contributed by atoms with E-state index in [0.717, 1.165) is 19.3 Å². The molecule has 30 heavy (non-hydrogen) atoms. The molecular weight excluding hydrogens is 402 g/mol. The largest absolute Gasteiger partial charge is 0.481 e. The van der Waals surface area contributed by atoms with Gasteiger partial charge in [0.25, 0.3) is 5.91 Å². The van der Waals surface area contributed by atoms with Gasteiger partial charge in [0.15, 0.2) is 6.10 Å². The Labute approximate surface area is 178 Å². The number of piperazine rings is 1. The zero-order valence-corrected chi connectivity index (χ0v) is 18.5. The van der Waals surface area contributed by atoms with E-state index in [2.05, 4.69) is 17.0 Å². The van der Waals surface area contributed by atoms with E-state index < -0.39 is 16.1 Å². The van der Waals surface area contributed by atoms with Gasteiger partial charge in [0.2, 0.25) is 10.0 Å². The Morgan fingerprint density at radius 2 is 1.63 bits per heavy atom. The second kappa shape index (κ2) is 9.38. The number of benzene rings is 2. The van der Waals surface area contributed by atoms with Crippen LogP contribution in [0.5, 0.6) is 5.75 Å². The highest BCUT2D eigenvalue weighted by molar-refractivity contribution is 7.92. The van der Waals surface area contributed by atoms with Gasteiger partial charge >= 0.3 is 0 Å². The molecule has 0 unspecified atom stereocenters. The lowest BCUT2D eigenvalue weighted by atomic mass is 10.2. The van der Waals surface area contributed by atoms with E-state index >= 15 is 0 Å². The summed E-state index contributed by atoms with van der Waals surface area (Å²) in [5.41, 5.74) is 1.72. The molecule has 1 fully saturated rings. The van der Waals surface area contributed by atoms with Gasteiger partial charge in [-0.2, -0.15) is 0 Å². The lowest BCUT2D eigenvalue weighted by Crippen LogP contribution is -2.52. The van der Waals surface area contributed by atoms with Crippen molar-refractivity contribution >= 4 is 27.3 Å². The van der Waals surface area contributed by atoms with Gasteiger partial charge in [-0.1, -0.05) is 25.1 Å². The first-order valence-corrected chi connectivity index (χ1v) is 11.9. The molecule has 2 aromatic rings. The SMILES string of the molecule is CC[C@@H](Oc1ccc(N(C)S(C)(=O)=O)cc1)C(=O)N1CCN(c2ccccc2)CC1. The maximum Gasteiger partial charge on any atom is 0.263 e. The predicted octanol–water partition coefficient (Wildman–Crippen LogP) is 2.59. The maximum absolute atomic E-state index is 13.0. The van der Waals surface area contributed by atoms with Crippen LogP contribution in [0.15, 0.2) is 54.6 Å². The fourth-order valence-electron chi connectivity index (χ4n) is 3.43. The molecule has 1 atom stereocenters. The lowest BCUT2D eigenvalue weighted by molar-refractivity contribution is -0.139. The Morgan fingerprint density at radius 1 is 1.03 bits per heavy atom. The Bertz CT molecular complexity index is 940. The van der Waals surface area contributed by atoms with Gasteiger partial charge in [-0.3, -0.25) is 9.10 Å². The molecule has 0 N–H and O–H groups in total. The quantitative estimate of drug-likeness (QED) is 0.674. The van der Waals surface area contributed by atoms with Crippen LogP contribution in [-0.4, -0.2) is 64.8 Å². The standard InChI is InChI=1S/C22H29N3O4S/c1-4-21(29-20-12-10-18(11-13-20)23(2)30(3,27)28)22(26)25-16-14-24(15-17-25)19-8-6-5-7-9-19/h5-13,21H,4,14-17H2,1-3H3/t21-/m1/s1. The third-order valence-electron chi connectivity index (χ3n) is 5.34. The van der Waals surface area contributed by atoms with Crippen LogP contribution in [0.25, 0.3) is 0 Å². The molecule has 1 amide bonds. The number of hydrogen-bond acceptors (Lipinski definition) is 5. The molecular formula is C22H29N3O4S. The zero-order valence-electron chi connectivity index (χ0n) is 17.7. The molecule has 162 valence electrons. The highest BCUT2D eigenvalue weighted by Gasteiger charge is 2.28. The Morgan fingerprint density at radius 3 is 2.17 bits per heavy atom. The van der Waals surface area contributed by atoms with Crippen molar-refractivity contribution in [3.8, 4) is 5.75 Å². The summed E-state index contributed by atoms with van der Waals surface area (Å²) in [4.78, 5) is 17.1. The van der Waals surface area contributed by atoms with E-state index in [1.807, 2.05) is 30.0 Å². The van der Waals surface area contributed by atoms with Crippen LogP contribution >= 0.6 is 0 Å². The van der Waals surface area contributed by atoms with Crippen LogP contribution in [0.2, 0.25) is 0 Å². The van der Waals surface area contributed by atoms with Gasteiger partial charge in [0.1, 0.15) is 5.75 Å². The van der Waals surface area contributed by atoms with Gasteiger partial charge in [-0.15, -0.1) is 0 Å². The summed E-state index contributed by atoms with van der Waals surface area (Å²) in [6.45, 7) is 4.82. The van der Waals surface area contributed by atoms with Gasteiger partial charge in [0, 0.05) is 38.9 Å². The molecule has 0 radical (unpaired) electrons. The average Bonchev–Trinajstić information content (AvgIpc) is 2.77. The van der Waals surface area contributed by atoms with Gasteiger partial charge < -0.3 is 14.5 Å². The number of carbonyl (C=O) groups excluding carboxylic acids is 1. The minimum absolute atomic E-state index is 0.0115. The van der Waals surface area contributed by atoms with E-state index in [1.165, 1.54) is 17.0 Å². The molecule has 1 aliphatic rings. The third-order valence-corrected chi connectivity index (χ3v) is 6.54. The number of hydrogen-bond donors (Lipinski definition) is 0. The van der Waals surface area contributed by atoms with Crippen molar-refractivity contribution in [2.45, 2.75) is 19.4 Å². The van der Waals surface area contributed by atoms with Crippen molar-refractivity contribution in [1.82, 2.24) is 4.90 Å². The van der Waals surface area contributed by atoms with E-state index in [-0.39, 0.29) is 5.91 Å². The van der Waals surface area contributed by atoms with Crippen molar-refractivity contribution in [3.63, 3.8) is 0 Å². The van der Waals surface area contributed by atoms with Gasteiger partial charge in [0.05, 0.1) is 11.9 Å². The molecule has 8 heteroatoms. The third kappa shape index (κ3) is 5.24. The zero-order chi connectivity index (χ0) is 21.7. The molecule has 1 aliphatic heterocycles. The maximum atomic E-state index is 13.0. The molecule has 0 saturated carbocycles. The highest BCUT2D eigenvalue weighted by atomic mass is 32.2. The van der Waals surface area contributed by atoms with Crippen LogP contribution in [-0.2, 0) is 14.8 Å². The van der Waals surface area contributed by atoms with Crippen LogP contribution in [0, 0.1) is 0 Å². The first-order chi connectivity index (χ1) is 14.3. The molecule has 3 rings (SSSR count). The highest BCUT2D eigenvalue weighted by Crippen LogP contribution is 2.22. The van der Waals surface area contributed by atoms with E-state index in [0.29, 0.717) is 30.9 Å². The summed E-state index contributed by atoms with van der Waals surface area (Å²) in [6.07, 6.45) is 1.15. The second-order valence-electron chi connectivity index (χ2n) is 7.39. The van der Waals surface area contributed by atoms with Crippen molar-refractivity contribution in [2.75, 3.05) is 48.7 Å². The van der Waals surface area contributed by atoms with E-state index in [4.69, 9.17) is 4.74 Å². The summed E-state index contributed by atoms with van der Waals surface area (Å²) in [5.74, 6) is 0.534. The molecule has 7 nitrogen and oxygen atoms in total. The van der Waals surface area contributed by atoms with Crippen molar-refractivity contribution < 1.29 is 17.9 Å². The number of carbonyl (C=O) groups is 1. The van der Waals surface area contributed by atoms with Gasteiger partial charge in [-0.25, -0.2) is 8.42 Å². The fourth-order valence-corrected chi connectivity index (χ4v) is 3.93. The number of rotatable bonds is 7. The van der Waals surface area contributed by atoms with E-state index in [1.54, 1.807) is 24.3 Å². The summed E-state index contributed by atoms with van der Waals surface area (Å²) >= 11 is 0. The predicted molar refractivity (Wildman–Crippen MR) is 120 cm³/mol. The molecule has 0 spiro atoms. The minimum atomic E-state index is -3.32. The second-order valence-corrected chi connectivity index (χ2v) is 9.40. The van der Waals surface area contributed by atoms with Crippen molar-refractivity contribution in [1.29, 1.82) is 0 Å². The van der Waals surface area contributed by atoms with Crippen LogP contribution in [0.3, 0.4) is 0 Å². The average molecular weight is 432 g/mol. The summed E-state index contributed by atoms with van der Waals surface area (Å²) in [5, 5.41) is 0. The molecule has 1 saturated heterocycles. The Hall–Kier alpha value is -2.74. The van der Waals surface area contributed by atoms with Crippen molar-refractivity contribution in [2.24, 2.45) is 0 Å². The molecule has 1 heterocycles. The topological polar surface area (TPSA) is 70.2 Å². The minimum Gasteiger partial charge on any atom is -0.481 e. The number of nitrogens with zero attached hydrogens (tertiary/aromatic N) is 3. The normalized spacial score (nSPS) is 15.6. The molecule has 2 aromatic carbocycles. The monoisotopic (exact) mass is 431 g/mol. The number of para-hydroxylation sites is 1. The summed E-state index contributed by atoms with van der Waals surface area (Å²) < 4.78 is 30.5. The lowest BCUT2D eigenvalue weighted by Gasteiger charge is -2.37. The van der Waals surface area contributed by atoms with E-state index in [9.17, 15) is 13.2 Å². The number of ether oxygens (including phenoxy) is 1. The first kappa shape index (κ1) is 22.0. The first-order valence-electron chi connectivity index (χ1n) is 10.1. The van der Waals surface area contributed by atoms with Crippen LogP contribution < -0.4 is 13.9 Å². The fraction of sp³-hybridized carbons (Fsp3) is 0.409. The molecule has 0 aliphatic carbocycles.